The third-order valence-corrected chi connectivity index (χ3v) is 1.66. The Morgan fingerprint density at radius 1 is 1.47 bits per heavy atom. The Balaban J connectivity index is 2.55. The van der Waals surface area contributed by atoms with E-state index in [1.54, 1.807) is 24.3 Å². The van der Waals surface area contributed by atoms with E-state index in [1.807, 2.05) is 6.08 Å². The van der Waals surface area contributed by atoms with Crippen LogP contribution in [-0.4, -0.2) is 17.8 Å². The van der Waals surface area contributed by atoms with Crippen molar-refractivity contribution in [2.45, 2.75) is 6.42 Å². The first-order valence-electron chi connectivity index (χ1n) is 4.46. The Bertz CT molecular complexity index is 408. The summed E-state index contributed by atoms with van der Waals surface area (Å²) in [6.45, 7) is 0.431. The largest absolute Gasteiger partial charge is 0.296 e. The van der Waals surface area contributed by atoms with E-state index >= 15 is 0 Å². The van der Waals surface area contributed by atoms with Crippen molar-refractivity contribution in [1.29, 1.82) is 0 Å². The molecule has 0 aliphatic heterocycles. The topological polar surface area (TPSA) is 78.7 Å². The highest BCUT2D eigenvalue weighted by Gasteiger charge is 1.91. The molecule has 1 heterocycles. The summed E-state index contributed by atoms with van der Waals surface area (Å²) in [5.74, 6) is 0. The molecule has 0 radical (unpaired) electrons. The maximum Gasteiger partial charge on any atom is 0.168 e. The van der Waals surface area contributed by atoms with Crippen molar-refractivity contribution in [3.05, 3.63) is 46.1 Å². The number of hydrogen-bond acceptors (Lipinski definition) is 3. The molecule has 0 unspecified atom stereocenters. The van der Waals surface area contributed by atoms with Crippen molar-refractivity contribution in [2.75, 3.05) is 6.54 Å². The van der Waals surface area contributed by atoms with Crippen LogP contribution in [0.3, 0.4) is 0 Å². The van der Waals surface area contributed by atoms with E-state index in [-0.39, 0.29) is 0 Å². The van der Waals surface area contributed by atoms with Crippen LogP contribution in [-0.2, 0) is 0 Å². The molecule has 0 atom stereocenters. The molecule has 0 saturated heterocycles. The van der Waals surface area contributed by atoms with Crippen molar-refractivity contribution < 1.29 is 4.79 Å². The molecule has 0 aromatic carbocycles. The fourth-order valence-electron chi connectivity index (χ4n) is 1.01. The van der Waals surface area contributed by atoms with E-state index in [4.69, 9.17) is 5.53 Å². The molecule has 1 rings (SSSR count). The van der Waals surface area contributed by atoms with Crippen LogP contribution in [0, 0.1) is 0 Å². The number of nitrogens with zero attached hydrogens (tertiary/aromatic N) is 4. The molecule has 5 nitrogen and oxygen atoms in total. The molecule has 1 aromatic heterocycles. The van der Waals surface area contributed by atoms with Crippen LogP contribution in [0.2, 0.25) is 0 Å². The molecule has 5 heteroatoms. The highest BCUT2D eigenvalue weighted by atomic mass is 16.1. The Morgan fingerprint density at radius 3 is 3.00 bits per heavy atom. The van der Waals surface area contributed by atoms with Crippen molar-refractivity contribution in [2.24, 2.45) is 5.11 Å². The number of aromatic nitrogens is 1. The van der Waals surface area contributed by atoms with Crippen LogP contribution in [0.15, 0.2) is 29.4 Å². The van der Waals surface area contributed by atoms with E-state index in [9.17, 15) is 4.79 Å². The molecule has 0 fully saturated rings. The van der Waals surface area contributed by atoms with Crippen LogP contribution in [0.4, 0.5) is 0 Å². The molecule has 0 bridgehead atoms. The maximum atomic E-state index is 10.4. The van der Waals surface area contributed by atoms with Crippen LogP contribution in [0.5, 0.6) is 0 Å². The number of azide groups is 1. The second-order valence-electron chi connectivity index (χ2n) is 2.75. The van der Waals surface area contributed by atoms with Crippen LogP contribution in [0.25, 0.3) is 16.5 Å². The fraction of sp³-hybridized carbons (Fsp3) is 0.200. The summed E-state index contributed by atoms with van der Waals surface area (Å²) in [4.78, 5) is 17.1. The van der Waals surface area contributed by atoms with Gasteiger partial charge in [-0.1, -0.05) is 17.3 Å². The number of aldehydes is 1. The number of pyridine rings is 1. The van der Waals surface area contributed by atoms with E-state index in [1.165, 1.54) is 0 Å². The van der Waals surface area contributed by atoms with Gasteiger partial charge in [0.2, 0.25) is 0 Å². The maximum absolute atomic E-state index is 10.4. The third-order valence-electron chi connectivity index (χ3n) is 1.66. The van der Waals surface area contributed by atoms with Gasteiger partial charge in [-0.2, -0.15) is 0 Å². The predicted octanol–water partition coefficient (Wildman–Crippen LogP) is 2.61. The predicted molar refractivity (Wildman–Crippen MR) is 57.3 cm³/mol. The summed E-state index contributed by atoms with van der Waals surface area (Å²) < 4.78 is 0. The second-order valence-corrected chi connectivity index (χ2v) is 2.75. The summed E-state index contributed by atoms with van der Waals surface area (Å²) in [6.07, 6.45) is 5.01. The van der Waals surface area contributed by atoms with Gasteiger partial charge < -0.3 is 0 Å². The zero-order valence-electron chi connectivity index (χ0n) is 8.08. The van der Waals surface area contributed by atoms with Gasteiger partial charge in [-0.05, 0) is 30.2 Å². The Morgan fingerprint density at radius 2 is 2.27 bits per heavy atom. The highest BCUT2D eigenvalue weighted by Crippen LogP contribution is 2.00. The Labute approximate surface area is 87.1 Å². The van der Waals surface area contributed by atoms with Crippen molar-refractivity contribution in [1.82, 2.24) is 4.98 Å². The van der Waals surface area contributed by atoms with E-state index in [2.05, 4.69) is 15.0 Å². The minimum absolute atomic E-state index is 0.409. The molecule has 0 saturated carbocycles. The van der Waals surface area contributed by atoms with E-state index in [0.29, 0.717) is 24.9 Å². The lowest BCUT2D eigenvalue weighted by atomic mass is 10.2. The Kier molecular flexibility index (Phi) is 4.63. The SMILES string of the molecule is [N-]=[N+]=NCCC=Cc1cccc(C=O)n1. The summed E-state index contributed by atoms with van der Waals surface area (Å²) in [5, 5.41) is 3.39. The van der Waals surface area contributed by atoms with Gasteiger partial charge in [0, 0.05) is 11.5 Å². The summed E-state index contributed by atoms with van der Waals surface area (Å²) in [5.41, 5.74) is 9.17. The molecule has 76 valence electrons. The fourth-order valence-corrected chi connectivity index (χ4v) is 1.01. The van der Waals surface area contributed by atoms with Gasteiger partial charge in [-0.15, -0.1) is 0 Å². The molecule has 0 N–H and O–H groups in total. The second kappa shape index (κ2) is 6.34. The Hall–Kier alpha value is -2.13. The number of rotatable bonds is 5. The first-order valence-corrected chi connectivity index (χ1v) is 4.46. The molecular formula is C10H10N4O. The van der Waals surface area contributed by atoms with Crippen LogP contribution < -0.4 is 0 Å². The monoisotopic (exact) mass is 202 g/mol. The van der Waals surface area contributed by atoms with Gasteiger partial charge >= 0.3 is 0 Å². The van der Waals surface area contributed by atoms with E-state index < -0.39 is 0 Å². The van der Waals surface area contributed by atoms with Crippen molar-refractivity contribution >= 4 is 12.4 Å². The lowest BCUT2D eigenvalue weighted by molar-refractivity contribution is 0.111. The normalized spacial score (nSPS) is 9.87. The molecular weight excluding hydrogens is 192 g/mol. The molecule has 0 amide bonds. The molecule has 0 spiro atoms. The average Bonchev–Trinajstić information content (AvgIpc) is 2.29. The van der Waals surface area contributed by atoms with Crippen molar-refractivity contribution in [3.8, 4) is 0 Å². The average molecular weight is 202 g/mol. The molecule has 0 aliphatic rings. The van der Waals surface area contributed by atoms with Gasteiger partial charge in [0.05, 0.1) is 5.69 Å². The summed E-state index contributed by atoms with van der Waals surface area (Å²) in [7, 11) is 0. The quantitative estimate of drug-likeness (QED) is 0.242. The van der Waals surface area contributed by atoms with Gasteiger partial charge in [-0.3, -0.25) is 4.79 Å². The lowest BCUT2D eigenvalue weighted by Crippen LogP contribution is -1.88. The number of carbonyl (C=O) groups is 1. The van der Waals surface area contributed by atoms with Crippen LogP contribution in [0.1, 0.15) is 22.6 Å². The molecule has 15 heavy (non-hydrogen) atoms. The lowest BCUT2D eigenvalue weighted by Gasteiger charge is -1.93. The zero-order chi connectivity index (χ0) is 10.9. The summed E-state index contributed by atoms with van der Waals surface area (Å²) >= 11 is 0. The van der Waals surface area contributed by atoms with Gasteiger partial charge in [-0.25, -0.2) is 4.98 Å². The first kappa shape index (κ1) is 10.9. The van der Waals surface area contributed by atoms with E-state index in [0.717, 1.165) is 5.69 Å². The van der Waals surface area contributed by atoms with Gasteiger partial charge in [0.1, 0.15) is 5.69 Å². The molecule has 0 aliphatic carbocycles. The highest BCUT2D eigenvalue weighted by molar-refractivity contribution is 5.72. The standard InChI is InChI=1S/C10H10N4O/c11-14-12-7-2-1-4-9-5-3-6-10(8-15)13-9/h1,3-6,8H,2,7H2. The van der Waals surface area contributed by atoms with Gasteiger partial charge in [0.15, 0.2) is 6.29 Å². The number of hydrogen-bond donors (Lipinski definition) is 0. The minimum Gasteiger partial charge on any atom is -0.296 e. The molecule has 1 aromatic rings. The van der Waals surface area contributed by atoms with Crippen molar-refractivity contribution in [3.63, 3.8) is 0 Å². The third kappa shape index (κ3) is 4.06. The zero-order valence-corrected chi connectivity index (χ0v) is 8.08. The smallest absolute Gasteiger partial charge is 0.168 e. The van der Waals surface area contributed by atoms with Crippen LogP contribution >= 0.6 is 0 Å². The minimum atomic E-state index is 0.409. The first-order chi connectivity index (χ1) is 7.36. The summed E-state index contributed by atoms with van der Waals surface area (Å²) in [6, 6.07) is 5.21. The van der Waals surface area contributed by atoms with Gasteiger partial charge in [0.25, 0.3) is 0 Å². The number of carbonyl (C=O) groups excluding carboxylic acids is 1.